The van der Waals surface area contributed by atoms with Crippen molar-refractivity contribution < 1.29 is 9.18 Å². The summed E-state index contributed by atoms with van der Waals surface area (Å²) in [4.78, 5) is 13.6. The second-order valence-electron chi connectivity index (χ2n) is 4.94. The molecule has 0 atom stereocenters. The van der Waals surface area contributed by atoms with Gasteiger partial charge in [-0.3, -0.25) is 9.36 Å². The summed E-state index contributed by atoms with van der Waals surface area (Å²) in [6.07, 6.45) is 1.64. The first kappa shape index (κ1) is 15.5. The molecule has 0 saturated carbocycles. The number of aromatic nitrogens is 3. The molecule has 120 valence electrons. The zero-order chi connectivity index (χ0) is 16.2. The van der Waals surface area contributed by atoms with Crippen molar-refractivity contribution >= 4 is 29.3 Å². The molecule has 1 aliphatic rings. The van der Waals surface area contributed by atoms with E-state index < -0.39 is 0 Å². The van der Waals surface area contributed by atoms with Gasteiger partial charge in [-0.15, -0.1) is 16.8 Å². The number of benzene rings is 1. The fourth-order valence-electron chi connectivity index (χ4n) is 2.32. The highest BCUT2D eigenvalue weighted by atomic mass is 32.2. The van der Waals surface area contributed by atoms with Crippen LogP contribution in [0.25, 0.3) is 0 Å². The molecule has 6 nitrogen and oxygen atoms in total. The van der Waals surface area contributed by atoms with Crippen molar-refractivity contribution in [2.24, 2.45) is 0 Å². The van der Waals surface area contributed by atoms with Crippen molar-refractivity contribution in [3.8, 4) is 0 Å². The molecule has 1 aromatic heterocycles. The van der Waals surface area contributed by atoms with Gasteiger partial charge < -0.3 is 10.2 Å². The Kier molecular flexibility index (Phi) is 4.61. The molecule has 0 fully saturated rings. The summed E-state index contributed by atoms with van der Waals surface area (Å²) in [6, 6.07) is 6.28. The highest BCUT2D eigenvalue weighted by Crippen LogP contribution is 2.31. The predicted molar refractivity (Wildman–Crippen MR) is 87.4 cm³/mol. The standard InChI is InChI=1S/C15H16FN5OS/c1-2-7-17-13(22)10-23-15-19-18-14-20(8-9-21(14)15)12-5-3-11(16)4-6-12/h2-6H,1,7-10H2,(H,17,22). The molecular weight excluding hydrogens is 317 g/mol. The summed E-state index contributed by atoms with van der Waals surface area (Å²) in [5.74, 6) is 0.658. The Morgan fingerprint density at radius 1 is 1.35 bits per heavy atom. The maximum Gasteiger partial charge on any atom is 0.232 e. The summed E-state index contributed by atoms with van der Waals surface area (Å²) < 4.78 is 15.0. The Labute approximate surface area is 137 Å². The van der Waals surface area contributed by atoms with E-state index in [0.29, 0.717) is 17.6 Å². The lowest BCUT2D eigenvalue weighted by molar-refractivity contribution is -0.118. The van der Waals surface area contributed by atoms with Gasteiger partial charge in [0, 0.05) is 25.3 Å². The summed E-state index contributed by atoms with van der Waals surface area (Å²) in [5, 5.41) is 11.8. The smallest absolute Gasteiger partial charge is 0.232 e. The van der Waals surface area contributed by atoms with Crippen LogP contribution in [-0.4, -0.2) is 39.5 Å². The quantitative estimate of drug-likeness (QED) is 0.647. The first-order chi connectivity index (χ1) is 11.2. The number of thioether (sulfide) groups is 1. The lowest BCUT2D eigenvalue weighted by Crippen LogP contribution is -2.25. The summed E-state index contributed by atoms with van der Waals surface area (Å²) in [6.45, 7) is 5.48. The predicted octanol–water partition coefficient (Wildman–Crippen LogP) is 1.96. The highest BCUT2D eigenvalue weighted by Gasteiger charge is 2.26. The van der Waals surface area contributed by atoms with Gasteiger partial charge in [-0.1, -0.05) is 17.8 Å². The van der Waals surface area contributed by atoms with Gasteiger partial charge in [0.25, 0.3) is 0 Å². The third-order valence-electron chi connectivity index (χ3n) is 3.40. The normalized spacial score (nSPS) is 13.0. The molecule has 0 spiro atoms. The number of hydrogen-bond acceptors (Lipinski definition) is 5. The number of carbonyl (C=O) groups is 1. The number of carbonyl (C=O) groups excluding carboxylic acids is 1. The van der Waals surface area contributed by atoms with E-state index in [1.807, 2.05) is 9.47 Å². The molecule has 3 rings (SSSR count). The molecule has 0 bridgehead atoms. The molecule has 0 saturated heterocycles. The average molecular weight is 333 g/mol. The SMILES string of the molecule is C=CCNC(=O)CSc1nnc2n1CCN2c1ccc(F)cc1. The van der Waals surface area contributed by atoms with Gasteiger partial charge in [-0.25, -0.2) is 4.39 Å². The molecule has 0 aliphatic carbocycles. The minimum Gasteiger partial charge on any atom is -0.352 e. The van der Waals surface area contributed by atoms with Crippen molar-refractivity contribution in [3.05, 3.63) is 42.7 Å². The van der Waals surface area contributed by atoms with Gasteiger partial charge >= 0.3 is 0 Å². The Hall–Kier alpha value is -2.35. The van der Waals surface area contributed by atoms with Crippen molar-refractivity contribution in [1.29, 1.82) is 0 Å². The monoisotopic (exact) mass is 333 g/mol. The van der Waals surface area contributed by atoms with Crippen molar-refractivity contribution in [3.63, 3.8) is 0 Å². The Balaban J connectivity index is 1.69. The summed E-state index contributed by atoms with van der Waals surface area (Å²) >= 11 is 1.35. The van der Waals surface area contributed by atoms with E-state index in [-0.39, 0.29) is 17.5 Å². The second kappa shape index (κ2) is 6.82. The van der Waals surface area contributed by atoms with Crippen LogP contribution < -0.4 is 10.2 Å². The number of halogens is 1. The number of nitrogens with one attached hydrogen (secondary N) is 1. The van der Waals surface area contributed by atoms with Crippen molar-refractivity contribution in [2.45, 2.75) is 11.7 Å². The number of nitrogens with zero attached hydrogens (tertiary/aromatic N) is 4. The van der Waals surface area contributed by atoms with Gasteiger partial charge in [0.05, 0.1) is 5.75 Å². The molecule has 2 aromatic rings. The third-order valence-corrected chi connectivity index (χ3v) is 4.37. The molecule has 0 unspecified atom stereocenters. The van der Waals surface area contributed by atoms with Crippen molar-refractivity contribution in [1.82, 2.24) is 20.1 Å². The van der Waals surface area contributed by atoms with Crippen LogP contribution in [0.3, 0.4) is 0 Å². The van der Waals surface area contributed by atoms with E-state index in [4.69, 9.17) is 0 Å². The number of fused-ring (bicyclic) bond motifs is 1. The fourth-order valence-corrected chi connectivity index (χ4v) is 3.11. The first-order valence-corrected chi connectivity index (χ1v) is 8.14. The van der Waals surface area contributed by atoms with Gasteiger partial charge in [0.2, 0.25) is 11.9 Å². The minimum absolute atomic E-state index is 0.0689. The number of amides is 1. The van der Waals surface area contributed by atoms with E-state index in [0.717, 1.165) is 18.8 Å². The van der Waals surface area contributed by atoms with E-state index in [2.05, 4.69) is 22.1 Å². The second-order valence-corrected chi connectivity index (χ2v) is 5.89. The summed E-state index contributed by atoms with van der Waals surface area (Å²) in [7, 11) is 0. The van der Waals surface area contributed by atoms with Crippen LogP contribution in [0.4, 0.5) is 16.0 Å². The van der Waals surface area contributed by atoms with Crippen LogP contribution in [0.2, 0.25) is 0 Å². The number of anilines is 2. The topological polar surface area (TPSA) is 63.1 Å². The van der Waals surface area contributed by atoms with Gasteiger partial charge in [0.15, 0.2) is 5.16 Å². The Bertz CT molecular complexity index is 715. The van der Waals surface area contributed by atoms with Crippen LogP contribution in [0, 0.1) is 5.82 Å². The molecule has 0 radical (unpaired) electrons. The average Bonchev–Trinajstić information content (AvgIpc) is 3.14. The zero-order valence-electron chi connectivity index (χ0n) is 12.4. The van der Waals surface area contributed by atoms with Crippen LogP contribution in [0.1, 0.15) is 0 Å². The maximum absolute atomic E-state index is 13.0. The molecule has 23 heavy (non-hydrogen) atoms. The molecule has 2 heterocycles. The Morgan fingerprint density at radius 2 is 2.13 bits per heavy atom. The van der Waals surface area contributed by atoms with Gasteiger partial charge in [-0.05, 0) is 24.3 Å². The molecular formula is C15H16FN5OS. The highest BCUT2D eigenvalue weighted by molar-refractivity contribution is 7.99. The first-order valence-electron chi connectivity index (χ1n) is 7.15. The lowest BCUT2D eigenvalue weighted by atomic mass is 10.3. The largest absolute Gasteiger partial charge is 0.352 e. The van der Waals surface area contributed by atoms with Crippen LogP contribution in [-0.2, 0) is 11.3 Å². The van der Waals surface area contributed by atoms with E-state index in [1.165, 1.54) is 23.9 Å². The van der Waals surface area contributed by atoms with E-state index in [9.17, 15) is 9.18 Å². The lowest BCUT2D eigenvalue weighted by Gasteiger charge is -2.14. The minimum atomic E-state index is -0.267. The van der Waals surface area contributed by atoms with E-state index >= 15 is 0 Å². The fraction of sp³-hybridized carbons (Fsp3) is 0.267. The number of hydrogen-bond donors (Lipinski definition) is 1. The Morgan fingerprint density at radius 3 is 2.87 bits per heavy atom. The number of rotatable bonds is 6. The van der Waals surface area contributed by atoms with Gasteiger partial charge in [0.1, 0.15) is 5.82 Å². The maximum atomic E-state index is 13.0. The summed E-state index contributed by atoms with van der Waals surface area (Å²) in [5.41, 5.74) is 0.873. The zero-order valence-corrected chi connectivity index (χ0v) is 13.2. The van der Waals surface area contributed by atoms with Crippen LogP contribution in [0.15, 0.2) is 42.1 Å². The van der Waals surface area contributed by atoms with E-state index in [1.54, 1.807) is 18.2 Å². The van der Waals surface area contributed by atoms with Gasteiger partial charge in [-0.2, -0.15) is 0 Å². The molecule has 1 amide bonds. The molecule has 8 heteroatoms. The van der Waals surface area contributed by atoms with Crippen LogP contribution >= 0.6 is 11.8 Å². The molecule has 1 aromatic carbocycles. The van der Waals surface area contributed by atoms with Crippen molar-refractivity contribution in [2.75, 3.05) is 23.7 Å². The van der Waals surface area contributed by atoms with Crippen LogP contribution in [0.5, 0.6) is 0 Å². The third kappa shape index (κ3) is 3.37. The molecule has 1 N–H and O–H groups in total. The molecule has 1 aliphatic heterocycles.